The Morgan fingerprint density at radius 1 is 1.15 bits per heavy atom. The largest absolute Gasteiger partial charge is 0.490 e. The van der Waals surface area contributed by atoms with Crippen molar-refractivity contribution in [2.75, 3.05) is 38.1 Å². The molecule has 0 saturated carbocycles. The van der Waals surface area contributed by atoms with Crippen LogP contribution in [0.25, 0.3) is 0 Å². The van der Waals surface area contributed by atoms with Crippen LogP contribution in [0.15, 0.2) is 47.4 Å². The second-order valence-electron chi connectivity index (χ2n) is 12.3. The second-order valence-corrected chi connectivity index (χ2v) is 14.0. The van der Waals surface area contributed by atoms with Crippen molar-refractivity contribution in [1.82, 2.24) is 9.80 Å². The van der Waals surface area contributed by atoms with Crippen molar-refractivity contribution in [3.8, 4) is 5.75 Å². The first kappa shape index (κ1) is 38.1. The molecule has 0 bridgehead atoms. The van der Waals surface area contributed by atoms with Gasteiger partial charge in [-0.05, 0) is 70.4 Å². The highest BCUT2D eigenvalue weighted by Gasteiger charge is 2.32. The van der Waals surface area contributed by atoms with Crippen molar-refractivity contribution < 1.29 is 45.8 Å². The van der Waals surface area contributed by atoms with Crippen molar-refractivity contribution in [2.24, 2.45) is 5.92 Å². The highest BCUT2D eigenvalue weighted by atomic mass is 32.2. The summed E-state index contributed by atoms with van der Waals surface area (Å²) >= 11 is 0. The number of rotatable bonds is 9. The number of aryl methyl sites for hydroxylation is 1. The average Bonchev–Trinajstić information content (AvgIpc) is 3.00. The zero-order valence-corrected chi connectivity index (χ0v) is 28.4. The van der Waals surface area contributed by atoms with Crippen LogP contribution in [-0.2, 0) is 19.6 Å². The first-order valence-corrected chi connectivity index (χ1v) is 17.2. The van der Waals surface area contributed by atoms with Crippen molar-refractivity contribution in [2.45, 2.75) is 89.1 Å². The topological polar surface area (TPSA) is 125 Å². The van der Waals surface area contributed by atoms with Crippen molar-refractivity contribution >= 4 is 27.5 Å². The summed E-state index contributed by atoms with van der Waals surface area (Å²) in [5.41, 5.74) is 1.12. The Hall–Kier alpha value is -3.36. The number of fused-ring (bicyclic) bond motifs is 1. The molecule has 2 N–H and O–H groups in total. The highest BCUT2D eigenvalue weighted by Crippen LogP contribution is 2.30. The highest BCUT2D eigenvalue weighted by molar-refractivity contribution is 7.92. The number of carbonyl (C=O) groups excluding carboxylic acids is 2. The standard InChI is InChI=1S/C33H46F3N3O7S/c1-22-9-12-27(13-10-22)47(43,44)37-26-11-14-29-28(18-26)32(42)39(24(3)21-40)19-23(2)30(45-17-7-6-8-25(4)46-29)20-38(5)31(41)15-16-33(34,35)36/h9-14,18,23-25,30,37,40H,6-8,15-17,19-21H2,1-5H3/t23-,24+,25+,30+/m1/s1. The monoisotopic (exact) mass is 685 g/mol. The van der Waals surface area contributed by atoms with Crippen LogP contribution in [0.1, 0.15) is 68.8 Å². The molecule has 2 aromatic carbocycles. The summed E-state index contributed by atoms with van der Waals surface area (Å²) < 4.78 is 79.4. The Bertz CT molecular complexity index is 1450. The van der Waals surface area contributed by atoms with Crippen molar-refractivity contribution in [3.63, 3.8) is 0 Å². The maximum atomic E-state index is 14.2. The van der Waals surface area contributed by atoms with E-state index in [1.54, 1.807) is 32.0 Å². The van der Waals surface area contributed by atoms with Gasteiger partial charge in [-0.15, -0.1) is 0 Å². The van der Waals surface area contributed by atoms with Gasteiger partial charge in [-0.2, -0.15) is 13.2 Å². The number of anilines is 1. The van der Waals surface area contributed by atoms with Gasteiger partial charge in [0.25, 0.3) is 15.9 Å². The molecule has 0 saturated heterocycles. The van der Waals surface area contributed by atoms with Gasteiger partial charge in [0.1, 0.15) is 5.75 Å². The summed E-state index contributed by atoms with van der Waals surface area (Å²) in [7, 11) is -2.56. The molecule has 0 aliphatic carbocycles. The Morgan fingerprint density at radius 2 is 1.83 bits per heavy atom. The smallest absolute Gasteiger partial charge is 0.389 e. The van der Waals surface area contributed by atoms with E-state index in [2.05, 4.69) is 4.72 Å². The van der Waals surface area contributed by atoms with Gasteiger partial charge in [0.2, 0.25) is 5.91 Å². The summed E-state index contributed by atoms with van der Waals surface area (Å²) in [6.07, 6.45) is -5.31. The van der Waals surface area contributed by atoms with Crippen LogP contribution in [0, 0.1) is 12.8 Å². The van der Waals surface area contributed by atoms with E-state index < -0.39 is 58.9 Å². The number of likely N-dealkylation sites (N-methyl/N-ethyl adjacent to an activating group) is 1. The molecule has 14 heteroatoms. The molecule has 1 aliphatic rings. The Kier molecular flexibility index (Phi) is 13.5. The van der Waals surface area contributed by atoms with Crippen LogP contribution >= 0.6 is 0 Å². The zero-order chi connectivity index (χ0) is 34.9. The predicted molar refractivity (Wildman–Crippen MR) is 172 cm³/mol. The molecular formula is C33H46F3N3O7S. The van der Waals surface area contributed by atoms with E-state index in [4.69, 9.17) is 9.47 Å². The third kappa shape index (κ3) is 11.4. The number of aliphatic hydroxyl groups is 1. The first-order chi connectivity index (χ1) is 22.0. The molecule has 0 unspecified atom stereocenters. The fraction of sp³-hybridized carbons (Fsp3) is 0.576. The number of hydrogen-bond acceptors (Lipinski definition) is 7. The van der Waals surface area contributed by atoms with Crippen LogP contribution < -0.4 is 9.46 Å². The Balaban J connectivity index is 1.95. The van der Waals surface area contributed by atoms with Gasteiger partial charge in [-0.1, -0.05) is 24.6 Å². The number of benzene rings is 2. The minimum atomic E-state index is -4.46. The molecular weight excluding hydrogens is 639 g/mol. The van der Waals surface area contributed by atoms with Crippen LogP contribution in [0.4, 0.5) is 18.9 Å². The minimum Gasteiger partial charge on any atom is -0.490 e. The van der Waals surface area contributed by atoms with E-state index in [1.807, 2.05) is 13.8 Å². The molecule has 1 heterocycles. The number of amides is 2. The lowest BCUT2D eigenvalue weighted by Crippen LogP contribution is -2.48. The van der Waals surface area contributed by atoms with Crippen LogP contribution in [-0.4, -0.2) is 92.9 Å². The van der Waals surface area contributed by atoms with Gasteiger partial charge in [-0.25, -0.2) is 8.42 Å². The van der Waals surface area contributed by atoms with Gasteiger partial charge in [0.05, 0.1) is 41.7 Å². The third-order valence-corrected chi connectivity index (χ3v) is 9.53. The number of sulfonamides is 1. The SMILES string of the molecule is Cc1ccc(S(=O)(=O)Nc2ccc3c(c2)C(=O)N([C@@H](C)CO)C[C@@H](C)[C@H](CN(C)C(=O)CCC(F)(F)F)OCCCC[C@H](C)O3)cc1. The van der Waals surface area contributed by atoms with Crippen LogP contribution in [0.5, 0.6) is 5.75 Å². The molecule has 0 radical (unpaired) electrons. The number of nitrogens with zero attached hydrogens (tertiary/aromatic N) is 2. The first-order valence-electron chi connectivity index (χ1n) is 15.7. The number of hydrogen-bond donors (Lipinski definition) is 2. The van der Waals surface area contributed by atoms with Gasteiger partial charge in [0.15, 0.2) is 0 Å². The number of aliphatic hydroxyl groups excluding tert-OH is 1. The summed E-state index contributed by atoms with van der Waals surface area (Å²) in [6, 6.07) is 10.1. The summed E-state index contributed by atoms with van der Waals surface area (Å²) in [6.45, 7) is 7.18. The lowest BCUT2D eigenvalue weighted by atomic mass is 10.0. The average molecular weight is 686 g/mol. The van der Waals surface area contributed by atoms with Crippen LogP contribution in [0.3, 0.4) is 0 Å². The molecule has 1 aliphatic heterocycles. The maximum absolute atomic E-state index is 14.2. The van der Waals surface area contributed by atoms with Crippen LogP contribution in [0.2, 0.25) is 0 Å². The van der Waals surface area contributed by atoms with E-state index in [0.717, 1.165) is 5.56 Å². The third-order valence-electron chi connectivity index (χ3n) is 8.14. The molecule has 47 heavy (non-hydrogen) atoms. The maximum Gasteiger partial charge on any atom is 0.389 e. The van der Waals surface area contributed by atoms with Crippen molar-refractivity contribution in [3.05, 3.63) is 53.6 Å². The van der Waals surface area contributed by atoms with E-state index in [-0.39, 0.29) is 47.7 Å². The summed E-state index contributed by atoms with van der Waals surface area (Å²) in [4.78, 5) is 29.5. The molecule has 2 aromatic rings. The number of nitrogens with one attached hydrogen (secondary N) is 1. The van der Waals surface area contributed by atoms with E-state index in [0.29, 0.717) is 25.9 Å². The molecule has 0 spiro atoms. The van der Waals surface area contributed by atoms with Gasteiger partial charge >= 0.3 is 6.18 Å². The molecule has 262 valence electrons. The van der Waals surface area contributed by atoms with E-state index in [1.165, 1.54) is 41.1 Å². The Morgan fingerprint density at radius 3 is 2.47 bits per heavy atom. The second kappa shape index (κ2) is 16.6. The molecule has 2 amide bonds. The fourth-order valence-electron chi connectivity index (χ4n) is 5.19. The van der Waals surface area contributed by atoms with Gasteiger partial charge in [0, 0.05) is 44.8 Å². The quantitative estimate of drug-likeness (QED) is 0.363. The lowest BCUT2D eigenvalue weighted by Gasteiger charge is -2.36. The van der Waals surface area contributed by atoms with E-state index >= 15 is 0 Å². The summed E-state index contributed by atoms with van der Waals surface area (Å²) in [5, 5.41) is 10.1. The zero-order valence-electron chi connectivity index (χ0n) is 27.5. The van der Waals surface area contributed by atoms with Gasteiger partial charge < -0.3 is 24.4 Å². The number of carbonyl (C=O) groups is 2. The fourth-order valence-corrected chi connectivity index (χ4v) is 6.24. The predicted octanol–water partition coefficient (Wildman–Crippen LogP) is 5.39. The van der Waals surface area contributed by atoms with E-state index in [9.17, 15) is 36.3 Å². The molecule has 4 atom stereocenters. The lowest BCUT2D eigenvalue weighted by molar-refractivity contribution is -0.149. The molecule has 10 nitrogen and oxygen atoms in total. The number of halogens is 3. The number of ether oxygens (including phenoxy) is 2. The number of alkyl halides is 3. The molecule has 0 fully saturated rings. The van der Waals surface area contributed by atoms with Gasteiger partial charge in [-0.3, -0.25) is 14.3 Å². The van der Waals surface area contributed by atoms with Crippen molar-refractivity contribution in [1.29, 1.82) is 0 Å². The molecule has 3 rings (SSSR count). The Labute approximate surface area is 275 Å². The normalized spacial score (nSPS) is 20.8. The molecule has 0 aromatic heterocycles. The summed E-state index contributed by atoms with van der Waals surface area (Å²) in [5.74, 6) is -1.36. The minimum absolute atomic E-state index is 0.00837.